The first kappa shape index (κ1) is 27.1. The molecule has 3 N–H and O–H groups in total. The van der Waals surface area contributed by atoms with E-state index in [-0.39, 0.29) is 36.0 Å². The molecule has 0 aliphatic carbocycles. The number of halogens is 3. The standard InChI is InChI=1S/C27H34F3N5O2/c1-18-15-35(8-7-25(31)36)17-21-13-19(4-6-23(18)21)26(37)32-22-5-3-20(24(14-22)27(28,29)30)16-34-11-9-33(2)10-12-34/h3-6,13-14,18H,7-12,15-17H2,1-2H3,(H2,31,36)(H,32,37)/t18-/m0/s1. The van der Waals surface area contributed by atoms with Gasteiger partial charge in [0.1, 0.15) is 0 Å². The maximum atomic E-state index is 13.9. The van der Waals surface area contributed by atoms with E-state index in [0.29, 0.717) is 31.7 Å². The topological polar surface area (TPSA) is 81.9 Å². The van der Waals surface area contributed by atoms with E-state index in [1.165, 1.54) is 12.1 Å². The second-order valence-electron chi connectivity index (χ2n) is 10.2. The van der Waals surface area contributed by atoms with Gasteiger partial charge in [0.2, 0.25) is 5.91 Å². The molecule has 2 aromatic carbocycles. The van der Waals surface area contributed by atoms with E-state index in [9.17, 15) is 22.8 Å². The van der Waals surface area contributed by atoms with E-state index in [1.807, 2.05) is 18.0 Å². The number of anilines is 1. The maximum Gasteiger partial charge on any atom is 0.416 e. The molecule has 0 unspecified atom stereocenters. The van der Waals surface area contributed by atoms with Crippen LogP contribution in [0.1, 0.15) is 51.9 Å². The molecule has 37 heavy (non-hydrogen) atoms. The van der Waals surface area contributed by atoms with Gasteiger partial charge in [0.15, 0.2) is 0 Å². The number of primary amides is 1. The average molecular weight is 518 g/mol. The van der Waals surface area contributed by atoms with E-state index < -0.39 is 17.6 Å². The van der Waals surface area contributed by atoms with Crippen molar-refractivity contribution < 1.29 is 22.8 Å². The Morgan fingerprint density at radius 1 is 1.05 bits per heavy atom. The third-order valence-electron chi connectivity index (χ3n) is 7.20. The minimum Gasteiger partial charge on any atom is -0.370 e. The lowest BCUT2D eigenvalue weighted by Crippen LogP contribution is -2.44. The molecule has 2 aromatic rings. The molecule has 0 aromatic heterocycles. The van der Waals surface area contributed by atoms with Crippen LogP contribution in [0.5, 0.6) is 0 Å². The van der Waals surface area contributed by atoms with Gasteiger partial charge in [-0.2, -0.15) is 13.2 Å². The molecule has 0 spiro atoms. The van der Waals surface area contributed by atoms with Gasteiger partial charge in [0.05, 0.1) is 5.56 Å². The van der Waals surface area contributed by atoms with E-state index in [0.717, 1.165) is 36.8 Å². The molecule has 1 saturated heterocycles. The summed E-state index contributed by atoms with van der Waals surface area (Å²) in [6, 6.07) is 9.41. The molecular weight excluding hydrogens is 483 g/mol. The molecule has 2 amide bonds. The molecule has 0 bridgehead atoms. The molecule has 7 nitrogen and oxygen atoms in total. The molecule has 4 rings (SSSR count). The molecule has 2 heterocycles. The van der Waals surface area contributed by atoms with E-state index >= 15 is 0 Å². The van der Waals surface area contributed by atoms with Gasteiger partial charge >= 0.3 is 6.18 Å². The number of likely N-dealkylation sites (N-methyl/N-ethyl adjacent to an activating group) is 1. The summed E-state index contributed by atoms with van der Waals surface area (Å²) in [5.41, 5.74) is 7.33. The summed E-state index contributed by atoms with van der Waals surface area (Å²) in [6.07, 6.45) is -4.27. The first-order valence-corrected chi connectivity index (χ1v) is 12.6. The smallest absolute Gasteiger partial charge is 0.370 e. The zero-order chi connectivity index (χ0) is 26.7. The predicted octanol–water partition coefficient (Wildman–Crippen LogP) is 3.50. The highest BCUT2D eigenvalue weighted by molar-refractivity contribution is 6.04. The van der Waals surface area contributed by atoms with Gasteiger partial charge in [-0.15, -0.1) is 0 Å². The lowest BCUT2D eigenvalue weighted by Gasteiger charge is -2.33. The number of benzene rings is 2. The van der Waals surface area contributed by atoms with Crippen LogP contribution in [0.2, 0.25) is 0 Å². The Morgan fingerprint density at radius 2 is 1.78 bits per heavy atom. The van der Waals surface area contributed by atoms with Gasteiger partial charge in [-0.25, -0.2) is 0 Å². The van der Waals surface area contributed by atoms with Gasteiger partial charge in [-0.05, 0) is 53.9 Å². The summed E-state index contributed by atoms with van der Waals surface area (Å²) in [5, 5.41) is 2.64. The van der Waals surface area contributed by atoms with Crippen molar-refractivity contribution in [2.75, 3.05) is 51.6 Å². The Bertz CT molecular complexity index is 1150. The zero-order valence-corrected chi connectivity index (χ0v) is 21.3. The zero-order valence-electron chi connectivity index (χ0n) is 21.3. The number of alkyl halides is 3. The van der Waals surface area contributed by atoms with Crippen molar-refractivity contribution in [1.82, 2.24) is 14.7 Å². The molecule has 200 valence electrons. The molecule has 2 aliphatic heterocycles. The van der Waals surface area contributed by atoms with Crippen LogP contribution < -0.4 is 11.1 Å². The predicted molar refractivity (Wildman–Crippen MR) is 136 cm³/mol. The van der Waals surface area contributed by atoms with Crippen molar-refractivity contribution in [2.45, 2.75) is 38.5 Å². The first-order chi connectivity index (χ1) is 17.5. The highest BCUT2D eigenvalue weighted by Crippen LogP contribution is 2.35. The van der Waals surface area contributed by atoms with Crippen molar-refractivity contribution in [3.8, 4) is 0 Å². The molecule has 0 saturated carbocycles. The van der Waals surface area contributed by atoms with Crippen LogP contribution in [0.15, 0.2) is 36.4 Å². The SMILES string of the molecule is C[C@H]1CN(CCC(N)=O)Cc2cc(C(=O)Nc3ccc(CN4CCN(C)CC4)c(C(F)(F)F)c3)ccc21. The van der Waals surface area contributed by atoms with Gasteiger partial charge in [0.25, 0.3) is 5.91 Å². The number of amides is 2. The van der Waals surface area contributed by atoms with E-state index in [4.69, 9.17) is 5.73 Å². The summed E-state index contributed by atoms with van der Waals surface area (Å²) >= 11 is 0. The Kier molecular flexibility index (Phi) is 8.20. The minimum atomic E-state index is -4.53. The Morgan fingerprint density at radius 3 is 2.46 bits per heavy atom. The van der Waals surface area contributed by atoms with E-state index in [1.54, 1.807) is 12.1 Å². The van der Waals surface area contributed by atoms with Gasteiger partial charge < -0.3 is 16.0 Å². The molecule has 1 atom stereocenters. The fourth-order valence-electron chi connectivity index (χ4n) is 5.10. The number of piperazine rings is 1. The number of carbonyl (C=O) groups is 2. The molecule has 2 aliphatic rings. The summed E-state index contributed by atoms with van der Waals surface area (Å²) in [4.78, 5) is 30.5. The van der Waals surface area contributed by atoms with Crippen LogP contribution in [0.25, 0.3) is 0 Å². The van der Waals surface area contributed by atoms with Crippen molar-refractivity contribution in [3.05, 3.63) is 64.2 Å². The van der Waals surface area contributed by atoms with Gasteiger partial charge in [0, 0.05) is 70.0 Å². The second kappa shape index (κ2) is 11.2. The number of fused-ring (bicyclic) bond motifs is 1. The lowest BCUT2D eigenvalue weighted by atomic mass is 9.89. The number of nitrogens with zero attached hydrogens (tertiary/aromatic N) is 3. The van der Waals surface area contributed by atoms with E-state index in [2.05, 4.69) is 22.0 Å². The van der Waals surface area contributed by atoms with Crippen molar-refractivity contribution in [1.29, 1.82) is 0 Å². The number of nitrogens with one attached hydrogen (secondary N) is 1. The Hall–Kier alpha value is -2.95. The first-order valence-electron chi connectivity index (χ1n) is 12.6. The maximum absolute atomic E-state index is 13.9. The second-order valence-corrected chi connectivity index (χ2v) is 10.2. The summed E-state index contributed by atoms with van der Waals surface area (Å²) in [6.45, 7) is 7.25. The van der Waals surface area contributed by atoms with Crippen LogP contribution in [0.3, 0.4) is 0 Å². The highest BCUT2D eigenvalue weighted by Gasteiger charge is 2.34. The largest absolute Gasteiger partial charge is 0.416 e. The van der Waals surface area contributed by atoms with Gasteiger partial charge in [-0.1, -0.05) is 19.1 Å². The van der Waals surface area contributed by atoms with Crippen LogP contribution in [0.4, 0.5) is 18.9 Å². The summed E-state index contributed by atoms with van der Waals surface area (Å²) in [7, 11) is 2.00. The number of carbonyl (C=O) groups excluding carboxylic acids is 2. The Balaban J connectivity index is 1.49. The fourth-order valence-corrected chi connectivity index (χ4v) is 5.10. The van der Waals surface area contributed by atoms with Crippen LogP contribution in [-0.2, 0) is 24.1 Å². The number of hydrogen-bond acceptors (Lipinski definition) is 5. The number of hydrogen-bond donors (Lipinski definition) is 2. The van der Waals surface area contributed by atoms with Crippen LogP contribution >= 0.6 is 0 Å². The highest BCUT2D eigenvalue weighted by atomic mass is 19.4. The number of nitrogens with two attached hydrogens (primary N) is 1. The van der Waals surface area contributed by atoms with Crippen LogP contribution in [0, 0.1) is 0 Å². The van der Waals surface area contributed by atoms with Crippen molar-refractivity contribution >= 4 is 17.5 Å². The normalized spacial score (nSPS) is 19.4. The fraction of sp³-hybridized carbons (Fsp3) is 0.481. The monoisotopic (exact) mass is 517 g/mol. The third kappa shape index (κ3) is 6.88. The summed E-state index contributed by atoms with van der Waals surface area (Å²) < 4.78 is 41.7. The van der Waals surface area contributed by atoms with Crippen LogP contribution in [-0.4, -0.2) is 72.8 Å². The minimum absolute atomic E-state index is 0.105. The number of rotatable bonds is 7. The Labute approximate surface area is 215 Å². The van der Waals surface area contributed by atoms with Crippen molar-refractivity contribution in [2.24, 2.45) is 5.73 Å². The third-order valence-corrected chi connectivity index (χ3v) is 7.20. The molecule has 10 heteroatoms. The van der Waals surface area contributed by atoms with Gasteiger partial charge in [-0.3, -0.25) is 19.4 Å². The quantitative estimate of drug-likeness (QED) is 0.588. The summed E-state index contributed by atoms with van der Waals surface area (Å²) in [5.74, 6) is -0.611. The molecular formula is C27H34F3N5O2. The lowest BCUT2D eigenvalue weighted by molar-refractivity contribution is -0.138. The average Bonchev–Trinajstić information content (AvgIpc) is 2.84. The van der Waals surface area contributed by atoms with Crippen molar-refractivity contribution in [3.63, 3.8) is 0 Å². The molecule has 0 radical (unpaired) electrons. The molecule has 1 fully saturated rings.